The zero-order chi connectivity index (χ0) is 8.97. The Hall–Kier alpha value is -0.510. The van der Waals surface area contributed by atoms with Crippen molar-refractivity contribution in [3.63, 3.8) is 0 Å². The van der Waals surface area contributed by atoms with Crippen molar-refractivity contribution in [3.8, 4) is 0 Å². The number of hydrogen-bond acceptors (Lipinski definition) is 3. The molecule has 0 N–H and O–H groups in total. The molecule has 0 aromatic heterocycles. The molecule has 0 aromatic carbocycles. The smallest absolute Gasteiger partial charge is 0.274 e. The standard InChI is InChI=1S/C8H13NO2S/c1-2-3-5-9-7(10)4-6-12-8(9)11/h2-6H2,1H3. The molecular weight excluding hydrogens is 174 g/mol. The van der Waals surface area contributed by atoms with Crippen LogP contribution in [-0.4, -0.2) is 28.3 Å². The molecular formula is C8H13NO2S. The predicted molar refractivity (Wildman–Crippen MR) is 49.1 cm³/mol. The van der Waals surface area contributed by atoms with Crippen LogP contribution in [0.5, 0.6) is 0 Å². The maximum absolute atomic E-state index is 11.2. The summed E-state index contributed by atoms with van der Waals surface area (Å²) in [7, 11) is 0. The molecule has 0 saturated carbocycles. The van der Waals surface area contributed by atoms with Crippen LogP contribution in [0.4, 0.5) is 4.79 Å². The lowest BCUT2D eigenvalue weighted by Crippen LogP contribution is -2.38. The van der Waals surface area contributed by atoms with Crippen LogP contribution >= 0.6 is 11.8 Å². The van der Waals surface area contributed by atoms with Gasteiger partial charge in [0, 0.05) is 18.7 Å². The molecule has 1 aliphatic heterocycles. The normalized spacial score (nSPS) is 18.6. The third kappa shape index (κ3) is 2.24. The zero-order valence-electron chi connectivity index (χ0n) is 7.21. The van der Waals surface area contributed by atoms with Crippen molar-refractivity contribution in [1.82, 2.24) is 4.90 Å². The van der Waals surface area contributed by atoms with Gasteiger partial charge in [-0.25, -0.2) is 0 Å². The molecule has 0 aliphatic carbocycles. The van der Waals surface area contributed by atoms with Crippen LogP contribution < -0.4 is 0 Å². The van der Waals surface area contributed by atoms with Gasteiger partial charge in [0.15, 0.2) is 0 Å². The van der Waals surface area contributed by atoms with Crippen molar-refractivity contribution in [2.75, 3.05) is 12.3 Å². The minimum atomic E-state index is -0.0697. The largest absolute Gasteiger partial charge is 0.288 e. The van der Waals surface area contributed by atoms with E-state index in [0.29, 0.717) is 18.7 Å². The number of nitrogens with zero attached hydrogens (tertiary/aromatic N) is 1. The molecule has 0 bridgehead atoms. The van der Waals surface area contributed by atoms with Crippen molar-refractivity contribution < 1.29 is 9.59 Å². The molecule has 0 radical (unpaired) electrons. The summed E-state index contributed by atoms with van der Waals surface area (Å²) in [6.07, 6.45) is 2.44. The molecule has 1 rings (SSSR count). The molecule has 4 heteroatoms. The van der Waals surface area contributed by atoms with Crippen molar-refractivity contribution in [2.24, 2.45) is 0 Å². The quantitative estimate of drug-likeness (QED) is 0.677. The third-order valence-corrected chi connectivity index (χ3v) is 2.67. The molecule has 68 valence electrons. The Morgan fingerprint density at radius 1 is 1.50 bits per heavy atom. The van der Waals surface area contributed by atoms with Gasteiger partial charge in [0.25, 0.3) is 5.24 Å². The van der Waals surface area contributed by atoms with Crippen molar-refractivity contribution in [3.05, 3.63) is 0 Å². The summed E-state index contributed by atoms with van der Waals surface area (Å²) in [5.74, 6) is 0.646. The molecule has 1 saturated heterocycles. The highest BCUT2D eigenvalue weighted by Crippen LogP contribution is 2.18. The predicted octanol–water partition coefficient (Wildman–Crippen LogP) is 1.87. The second kappa shape index (κ2) is 4.50. The second-order valence-electron chi connectivity index (χ2n) is 2.76. The van der Waals surface area contributed by atoms with Gasteiger partial charge in [-0.05, 0) is 6.42 Å². The van der Waals surface area contributed by atoms with E-state index in [2.05, 4.69) is 0 Å². The van der Waals surface area contributed by atoms with Gasteiger partial charge in [-0.3, -0.25) is 14.5 Å². The number of carbonyl (C=O) groups excluding carboxylic acids is 2. The van der Waals surface area contributed by atoms with E-state index in [1.807, 2.05) is 6.92 Å². The molecule has 1 heterocycles. The van der Waals surface area contributed by atoms with E-state index < -0.39 is 0 Å². The molecule has 0 aromatic rings. The van der Waals surface area contributed by atoms with Crippen LogP contribution in [0.25, 0.3) is 0 Å². The maximum atomic E-state index is 11.2. The molecule has 0 atom stereocenters. The summed E-state index contributed by atoms with van der Waals surface area (Å²) < 4.78 is 0. The first kappa shape index (κ1) is 9.58. The van der Waals surface area contributed by atoms with E-state index >= 15 is 0 Å². The summed E-state index contributed by atoms with van der Waals surface area (Å²) in [6.45, 7) is 2.65. The second-order valence-corrected chi connectivity index (χ2v) is 3.81. The highest BCUT2D eigenvalue weighted by Gasteiger charge is 2.25. The monoisotopic (exact) mass is 187 g/mol. The fourth-order valence-corrected chi connectivity index (χ4v) is 1.87. The third-order valence-electron chi connectivity index (χ3n) is 1.80. The van der Waals surface area contributed by atoms with Gasteiger partial charge >= 0.3 is 0 Å². The van der Waals surface area contributed by atoms with Crippen LogP contribution in [0.3, 0.4) is 0 Å². The lowest BCUT2D eigenvalue weighted by Gasteiger charge is -2.23. The average Bonchev–Trinajstić information content (AvgIpc) is 2.04. The molecule has 1 fully saturated rings. The molecule has 1 aliphatic rings. The molecule has 0 spiro atoms. The Morgan fingerprint density at radius 3 is 2.83 bits per heavy atom. The lowest BCUT2D eigenvalue weighted by molar-refractivity contribution is -0.127. The van der Waals surface area contributed by atoms with Gasteiger partial charge < -0.3 is 0 Å². The van der Waals surface area contributed by atoms with Crippen LogP contribution in [0.2, 0.25) is 0 Å². The Balaban J connectivity index is 2.45. The van der Waals surface area contributed by atoms with Gasteiger partial charge in [-0.15, -0.1) is 0 Å². The van der Waals surface area contributed by atoms with Gasteiger partial charge in [0.1, 0.15) is 0 Å². The Morgan fingerprint density at radius 2 is 2.25 bits per heavy atom. The summed E-state index contributed by atoms with van der Waals surface area (Å²) >= 11 is 1.25. The molecule has 0 unspecified atom stereocenters. The van der Waals surface area contributed by atoms with E-state index in [1.165, 1.54) is 16.7 Å². The van der Waals surface area contributed by atoms with Crippen molar-refractivity contribution in [2.45, 2.75) is 26.2 Å². The van der Waals surface area contributed by atoms with E-state index in [4.69, 9.17) is 0 Å². The van der Waals surface area contributed by atoms with Gasteiger partial charge in [-0.2, -0.15) is 0 Å². The van der Waals surface area contributed by atoms with Crippen LogP contribution in [0.1, 0.15) is 26.2 Å². The number of imide groups is 1. The number of amides is 2. The summed E-state index contributed by atoms with van der Waals surface area (Å²) in [4.78, 5) is 23.8. The number of thioether (sulfide) groups is 1. The first-order chi connectivity index (χ1) is 5.75. The fourth-order valence-electron chi connectivity index (χ4n) is 1.07. The minimum Gasteiger partial charge on any atom is -0.274 e. The lowest BCUT2D eigenvalue weighted by atomic mass is 10.3. The fraction of sp³-hybridized carbons (Fsp3) is 0.750. The molecule has 12 heavy (non-hydrogen) atoms. The van der Waals surface area contributed by atoms with E-state index in [-0.39, 0.29) is 11.1 Å². The van der Waals surface area contributed by atoms with E-state index in [1.54, 1.807) is 0 Å². The number of rotatable bonds is 3. The maximum Gasteiger partial charge on any atom is 0.288 e. The highest BCUT2D eigenvalue weighted by molar-refractivity contribution is 8.13. The van der Waals surface area contributed by atoms with E-state index in [9.17, 15) is 9.59 Å². The molecule has 3 nitrogen and oxygen atoms in total. The van der Waals surface area contributed by atoms with Crippen molar-refractivity contribution >= 4 is 22.9 Å². The van der Waals surface area contributed by atoms with Gasteiger partial charge in [-0.1, -0.05) is 25.1 Å². The van der Waals surface area contributed by atoms with Crippen LogP contribution in [0, 0.1) is 0 Å². The van der Waals surface area contributed by atoms with E-state index in [0.717, 1.165) is 12.8 Å². The Labute approximate surface area is 76.5 Å². The van der Waals surface area contributed by atoms with Gasteiger partial charge in [0.05, 0.1) is 0 Å². The first-order valence-corrected chi connectivity index (χ1v) is 5.21. The highest BCUT2D eigenvalue weighted by atomic mass is 32.2. The topological polar surface area (TPSA) is 37.4 Å². The SMILES string of the molecule is CCCCN1C(=O)CCSC1=O. The minimum absolute atomic E-state index is 0.00722. The van der Waals surface area contributed by atoms with Crippen molar-refractivity contribution in [1.29, 1.82) is 0 Å². The van der Waals surface area contributed by atoms with Crippen LogP contribution in [-0.2, 0) is 4.79 Å². The summed E-state index contributed by atoms with van der Waals surface area (Å²) in [5.41, 5.74) is 0. The summed E-state index contributed by atoms with van der Waals surface area (Å²) in [5, 5.41) is -0.0697. The average molecular weight is 187 g/mol. The molecule has 2 amide bonds. The number of unbranched alkanes of at least 4 members (excludes halogenated alkanes) is 1. The first-order valence-electron chi connectivity index (χ1n) is 4.23. The number of carbonyl (C=O) groups is 2. The Bertz CT molecular complexity index is 177. The Kier molecular flexibility index (Phi) is 3.59. The number of hydrogen-bond donors (Lipinski definition) is 0. The zero-order valence-corrected chi connectivity index (χ0v) is 8.02. The van der Waals surface area contributed by atoms with Gasteiger partial charge in [0.2, 0.25) is 5.91 Å². The van der Waals surface area contributed by atoms with Crippen LogP contribution in [0.15, 0.2) is 0 Å². The summed E-state index contributed by atoms with van der Waals surface area (Å²) in [6, 6.07) is 0.